The summed E-state index contributed by atoms with van der Waals surface area (Å²) in [7, 11) is 0. The van der Waals surface area contributed by atoms with Crippen LogP contribution < -0.4 is 5.32 Å². The molecule has 2 unspecified atom stereocenters. The van der Waals surface area contributed by atoms with E-state index in [1.807, 2.05) is 0 Å². The van der Waals surface area contributed by atoms with Gasteiger partial charge in [-0.05, 0) is 31.3 Å². The first-order valence-corrected chi connectivity index (χ1v) is 5.43. The molecule has 0 heterocycles. The minimum absolute atomic E-state index is 0.830. The van der Waals surface area contributed by atoms with Crippen LogP contribution in [-0.4, -0.2) is 13.1 Å². The van der Waals surface area contributed by atoms with Crippen LogP contribution in [0.2, 0.25) is 0 Å². The highest BCUT2D eigenvalue weighted by molar-refractivity contribution is 4.63. The Bertz CT molecular complexity index is 91.0. The van der Waals surface area contributed by atoms with Crippen molar-refractivity contribution in [3.63, 3.8) is 0 Å². The quantitative estimate of drug-likeness (QED) is 0.580. The van der Waals surface area contributed by atoms with Crippen LogP contribution in [0.15, 0.2) is 0 Å². The summed E-state index contributed by atoms with van der Waals surface area (Å²) in [6.45, 7) is 11.6. The van der Waals surface area contributed by atoms with Crippen molar-refractivity contribution < 1.29 is 0 Å². The maximum atomic E-state index is 3.47. The maximum Gasteiger partial charge on any atom is -0.00206 e. The molecule has 0 radical (unpaired) electrons. The fourth-order valence-corrected chi connectivity index (χ4v) is 1.45. The minimum atomic E-state index is 0.830. The van der Waals surface area contributed by atoms with E-state index in [1.165, 1.54) is 32.4 Å². The molecule has 0 aliphatic heterocycles. The lowest BCUT2D eigenvalue weighted by atomic mass is 9.92. The Morgan fingerprint density at radius 1 is 1.00 bits per heavy atom. The first-order chi connectivity index (χ1) is 5.72. The third-order valence-corrected chi connectivity index (χ3v) is 2.61. The molecule has 2 atom stereocenters. The van der Waals surface area contributed by atoms with Gasteiger partial charge < -0.3 is 5.32 Å². The van der Waals surface area contributed by atoms with Gasteiger partial charge in [0.25, 0.3) is 0 Å². The van der Waals surface area contributed by atoms with E-state index in [0.717, 1.165) is 11.8 Å². The van der Waals surface area contributed by atoms with E-state index in [1.54, 1.807) is 0 Å². The zero-order chi connectivity index (χ0) is 9.40. The molecular weight excluding hydrogens is 146 g/mol. The molecule has 0 aromatic carbocycles. The summed E-state index contributed by atoms with van der Waals surface area (Å²) >= 11 is 0. The van der Waals surface area contributed by atoms with Gasteiger partial charge in [0.2, 0.25) is 0 Å². The Balaban J connectivity index is 3.35. The molecular formula is C11H25N. The van der Waals surface area contributed by atoms with Crippen molar-refractivity contribution in [2.24, 2.45) is 11.8 Å². The normalized spacial score (nSPS) is 16.0. The fourth-order valence-electron chi connectivity index (χ4n) is 1.45. The Hall–Kier alpha value is -0.0400. The van der Waals surface area contributed by atoms with Gasteiger partial charge in [0.1, 0.15) is 0 Å². The molecule has 0 fully saturated rings. The van der Waals surface area contributed by atoms with Crippen molar-refractivity contribution in [3.05, 3.63) is 0 Å². The van der Waals surface area contributed by atoms with Gasteiger partial charge in [-0.2, -0.15) is 0 Å². The molecule has 1 nitrogen and oxygen atoms in total. The SMILES string of the molecule is CCCNCC(C)C(C)CCC. The first-order valence-electron chi connectivity index (χ1n) is 5.43. The molecule has 0 saturated heterocycles. The topological polar surface area (TPSA) is 12.0 Å². The standard InChI is InChI=1S/C11H25N/c1-5-7-10(3)11(4)9-12-8-6-2/h10-12H,5-9H2,1-4H3. The highest BCUT2D eigenvalue weighted by Gasteiger charge is 2.09. The van der Waals surface area contributed by atoms with Crippen LogP contribution in [0.25, 0.3) is 0 Å². The second-order valence-corrected chi connectivity index (χ2v) is 3.95. The zero-order valence-corrected chi connectivity index (χ0v) is 9.19. The number of hydrogen-bond acceptors (Lipinski definition) is 1. The van der Waals surface area contributed by atoms with Crippen molar-refractivity contribution in [2.75, 3.05) is 13.1 Å². The molecule has 0 aliphatic carbocycles. The van der Waals surface area contributed by atoms with E-state index >= 15 is 0 Å². The summed E-state index contributed by atoms with van der Waals surface area (Å²) in [5.41, 5.74) is 0. The first kappa shape index (κ1) is 12.0. The monoisotopic (exact) mass is 171 g/mol. The molecule has 0 aromatic heterocycles. The molecule has 74 valence electrons. The van der Waals surface area contributed by atoms with Gasteiger partial charge >= 0.3 is 0 Å². The summed E-state index contributed by atoms with van der Waals surface area (Å²) in [6, 6.07) is 0. The van der Waals surface area contributed by atoms with Crippen LogP contribution in [0.1, 0.15) is 47.0 Å². The van der Waals surface area contributed by atoms with Gasteiger partial charge in [0, 0.05) is 0 Å². The number of nitrogens with one attached hydrogen (secondary N) is 1. The lowest BCUT2D eigenvalue weighted by Gasteiger charge is -2.19. The Kier molecular flexibility index (Phi) is 7.58. The Morgan fingerprint density at radius 3 is 2.17 bits per heavy atom. The second kappa shape index (κ2) is 7.60. The molecule has 1 heteroatoms. The van der Waals surface area contributed by atoms with Crippen LogP contribution >= 0.6 is 0 Å². The van der Waals surface area contributed by atoms with Gasteiger partial charge in [0.05, 0.1) is 0 Å². The predicted octanol–water partition coefficient (Wildman–Crippen LogP) is 3.06. The summed E-state index contributed by atoms with van der Waals surface area (Å²) in [4.78, 5) is 0. The molecule has 0 spiro atoms. The van der Waals surface area contributed by atoms with E-state index in [9.17, 15) is 0 Å². The van der Waals surface area contributed by atoms with Gasteiger partial charge in [-0.25, -0.2) is 0 Å². The highest BCUT2D eigenvalue weighted by Crippen LogP contribution is 2.15. The Labute approximate surface area is 77.9 Å². The second-order valence-electron chi connectivity index (χ2n) is 3.95. The number of hydrogen-bond donors (Lipinski definition) is 1. The molecule has 12 heavy (non-hydrogen) atoms. The van der Waals surface area contributed by atoms with Crippen molar-refractivity contribution in [3.8, 4) is 0 Å². The molecule has 1 N–H and O–H groups in total. The van der Waals surface area contributed by atoms with E-state index in [2.05, 4.69) is 33.0 Å². The average molecular weight is 171 g/mol. The molecule has 0 saturated carbocycles. The summed E-state index contributed by atoms with van der Waals surface area (Å²) in [5, 5.41) is 3.47. The van der Waals surface area contributed by atoms with Gasteiger partial charge in [0.15, 0.2) is 0 Å². The van der Waals surface area contributed by atoms with E-state index < -0.39 is 0 Å². The third-order valence-electron chi connectivity index (χ3n) is 2.61. The van der Waals surface area contributed by atoms with Crippen molar-refractivity contribution >= 4 is 0 Å². The number of rotatable bonds is 7. The third kappa shape index (κ3) is 5.59. The molecule has 0 rings (SSSR count). The van der Waals surface area contributed by atoms with Crippen LogP contribution in [-0.2, 0) is 0 Å². The van der Waals surface area contributed by atoms with E-state index in [0.29, 0.717) is 0 Å². The fraction of sp³-hybridized carbons (Fsp3) is 1.00. The molecule has 0 amide bonds. The Morgan fingerprint density at radius 2 is 1.67 bits per heavy atom. The minimum Gasteiger partial charge on any atom is -0.316 e. The summed E-state index contributed by atoms with van der Waals surface area (Å²) in [6.07, 6.45) is 3.93. The summed E-state index contributed by atoms with van der Waals surface area (Å²) in [5.74, 6) is 1.70. The van der Waals surface area contributed by atoms with Crippen molar-refractivity contribution in [2.45, 2.75) is 47.0 Å². The average Bonchev–Trinajstić information content (AvgIpc) is 2.05. The van der Waals surface area contributed by atoms with Gasteiger partial charge in [-0.3, -0.25) is 0 Å². The van der Waals surface area contributed by atoms with Crippen molar-refractivity contribution in [1.82, 2.24) is 5.32 Å². The lowest BCUT2D eigenvalue weighted by Crippen LogP contribution is -2.25. The summed E-state index contributed by atoms with van der Waals surface area (Å²) < 4.78 is 0. The highest BCUT2D eigenvalue weighted by atomic mass is 14.8. The molecule has 0 bridgehead atoms. The predicted molar refractivity (Wildman–Crippen MR) is 56.4 cm³/mol. The van der Waals surface area contributed by atoms with Crippen LogP contribution in [0.4, 0.5) is 0 Å². The van der Waals surface area contributed by atoms with Crippen LogP contribution in [0.3, 0.4) is 0 Å². The maximum absolute atomic E-state index is 3.47. The zero-order valence-electron chi connectivity index (χ0n) is 9.19. The van der Waals surface area contributed by atoms with Gasteiger partial charge in [-0.1, -0.05) is 40.5 Å². The van der Waals surface area contributed by atoms with Crippen LogP contribution in [0.5, 0.6) is 0 Å². The van der Waals surface area contributed by atoms with Crippen molar-refractivity contribution in [1.29, 1.82) is 0 Å². The van der Waals surface area contributed by atoms with Crippen LogP contribution in [0, 0.1) is 11.8 Å². The van der Waals surface area contributed by atoms with E-state index in [4.69, 9.17) is 0 Å². The smallest absolute Gasteiger partial charge is 0.00206 e. The van der Waals surface area contributed by atoms with Gasteiger partial charge in [-0.15, -0.1) is 0 Å². The largest absolute Gasteiger partial charge is 0.316 e. The van der Waals surface area contributed by atoms with E-state index in [-0.39, 0.29) is 0 Å². The molecule has 0 aliphatic rings. The lowest BCUT2D eigenvalue weighted by molar-refractivity contribution is 0.345. The molecule has 0 aromatic rings.